The van der Waals surface area contributed by atoms with E-state index >= 15 is 4.39 Å². The molecule has 0 aliphatic carbocycles. The van der Waals surface area contributed by atoms with Crippen LogP contribution in [-0.2, 0) is 4.74 Å². The van der Waals surface area contributed by atoms with Crippen LogP contribution in [-0.4, -0.2) is 82.9 Å². The predicted octanol–water partition coefficient (Wildman–Crippen LogP) is 3.81. The molecule has 3 N–H and O–H groups in total. The number of anilines is 5. The highest BCUT2D eigenvalue weighted by atomic mass is 35.5. The molecule has 0 radical (unpaired) electrons. The maximum absolute atomic E-state index is 15.7. The second-order valence-electron chi connectivity index (χ2n) is 10.1. The van der Waals surface area contributed by atoms with Gasteiger partial charge >= 0.3 is 0 Å². The summed E-state index contributed by atoms with van der Waals surface area (Å²) in [5, 5.41) is 3.43. The molecule has 38 heavy (non-hydrogen) atoms. The molecule has 2 aliphatic heterocycles. The van der Waals surface area contributed by atoms with Gasteiger partial charge in [-0.3, -0.25) is 4.90 Å². The number of nitrogens with two attached hydrogens (primary N) is 1. The zero-order valence-corrected chi connectivity index (χ0v) is 22.8. The van der Waals surface area contributed by atoms with Crippen LogP contribution in [0.15, 0.2) is 30.9 Å². The zero-order chi connectivity index (χ0) is 27.0. The van der Waals surface area contributed by atoms with Crippen LogP contribution in [0.25, 0.3) is 11.1 Å². The van der Waals surface area contributed by atoms with Crippen molar-refractivity contribution >= 4 is 40.4 Å². The molecule has 3 aromatic rings. The Balaban J connectivity index is 1.52. The molecule has 10 nitrogen and oxygen atoms in total. The number of nitrogens with zero attached hydrogens (tertiary/aromatic N) is 7. The third-order valence-corrected chi connectivity index (χ3v) is 7.65. The standard InChI is InChI=1S/C26H33ClFN9O/c1-15-11-37(12-16(2)35(15)4)22-8-20(28)19(7-21(22)34-25-23(29)24(27)32-14-33-25)18-9-30-26(31-10-18)36-5-6-38-17(3)13-36/h7-10,14-17H,5-6,11-13,29H2,1-4H3,(H,32,33,34)/t15-,16+,17-/m0/s1. The van der Waals surface area contributed by atoms with Crippen molar-refractivity contribution < 1.29 is 9.13 Å². The molecule has 4 heterocycles. The van der Waals surface area contributed by atoms with Gasteiger partial charge in [-0.25, -0.2) is 24.3 Å². The topological polar surface area (TPSA) is 109 Å². The van der Waals surface area contributed by atoms with Gasteiger partial charge in [0.15, 0.2) is 11.0 Å². The summed E-state index contributed by atoms with van der Waals surface area (Å²) in [7, 11) is 2.11. The van der Waals surface area contributed by atoms with Gasteiger partial charge in [-0.15, -0.1) is 0 Å². The molecule has 2 aliphatic rings. The lowest BCUT2D eigenvalue weighted by atomic mass is 10.0. The summed E-state index contributed by atoms with van der Waals surface area (Å²) < 4.78 is 21.3. The molecule has 5 rings (SSSR count). The van der Waals surface area contributed by atoms with Gasteiger partial charge in [0.25, 0.3) is 0 Å². The largest absolute Gasteiger partial charge is 0.393 e. The minimum atomic E-state index is -0.366. The van der Waals surface area contributed by atoms with E-state index in [1.54, 1.807) is 24.5 Å². The minimum Gasteiger partial charge on any atom is -0.393 e. The van der Waals surface area contributed by atoms with Crippen molar-refractivity contribution in [1.82, 2.24) is 24.8 Å². The Labute approximate surface area is 227 Å². The van der Waals surface area contributed by atoms with E-state index in [1.807, 2.05) is 6.92 Å². The number of likely N-dealkylation sites (N-methyl/N-ethyl adjacent to an activating group) is 1. The Morgan fingerprint density at radius 3 is 2.42 bits per heavy atom. The van der Waals surface area contributed by atoms with Gasteiger partial charge in [0, 0.05) is 61.8 Å². The molecule has 3 atom stereocenters. The highest BCUT2D eigenvalue weighted by Gasteiger charge is 2.29. The number of rotatable bonds is 5. The van der Waals surface area contributed by atoms with Crippen LogP contribution in [0.3, 0.4) is 0 Å². The summed E-state index contributed by atoms with van der Waals surface area (Å²) in [5.74, 6) is 0.588. The Morgan fingerprint density at radius 2 is 1.74 bits per heavy atom. The first-order valence-electron chi connectivity index (χ1n) is 12.7. The molecule has 0 bridgehead atoms. The van der Waals surface area contributed by atoms with Gasteiger partial charge in [-0.05, 0) is 40.0 Å². The molecule has 12 heteroatoms. The van der Waals surface area contributed by atoms with Crippen molar-refractivity contribution in [3.63, 3.8) is 0 Å². The number of nitrogen functional groups attached to an aromatic ring is 1. The van der Waals surface area contributed by atoms with Crippen molar-refractivity contribution in [1.29, 1.82) is 0 Å². The van der Waals surface area contributed by atoms with Gasteiger partial charge in [-0.2, -0.15) is 0 Å². The number of nitrogens with one attached hydrogen (secondary N) is 1. The summed E-state index contributed by atoms with van der Waals surface area (Å²) in [4.78, 5) is 23.8. The second kappa shape index (κ2) is 10.8. The molecule has 2 fully saturated rings. The van der Waals surface area contributed by atoms with Crippen LogP contribution in [0, 0.1) is 5.82 Å². The van der Waals surface area contributed by atoms with Crippen molar-refractivity contribution in [3.05, 3.63) is 41.8 Å². The van der Waals surface area contributed by atoms with E-state index in [0.29, 0.717) is 54.0 Å². The molecule has 2 aromatic heterocycles. The van der Waals surface area contributed by atoms with Crippen molar-refractivity contribution in [2.45, 2.75) is 39.0 Å². The summed E-state index contributed by atoms with van der Waals surface area (Å²) >= 11 is 6.14. The van der Waals surface area contributed by atoms with E-state index in [1.165, 1.54) is 6.33 Å². The van der Waals surface area contributed by atoms with E-state index in [4.69, 9.17) is 22.1 Å². The van der Waals surface area contributed by atoms with Crippen molar-refractivity contribution in [2.24, 2.45) is 0 Å². The molecule has 2 saturated heterocycles. The maximum Gasteiger partial charge on any atom is 0.225 e. The number of halogens is 2. The quantitative estimate of drug-likeness (QED) is 0.463. The van der Waals surface area contributed by atoms with Gasteiger partial charge < -0.3 is 25.6 Å². The smallest absolute Gasteiger partial charge is 0.225 e. The van der Waals surface area contributed by atoms with Crippen LogP contribution in [0.5, 0.6) is 0 Å². The lowest BCUT2D eigenvalue weighted by molar-refractivity contribution is 0.0526. The molecule has 0 amide bonds. The van der Waals surface area contributed by atoms with Crippen LogP contribution < -0.4 is 20.9 Å². The fraction of sp³-hybridized carbons (Fsp3) is 0.462. The number of piperazine rings is 1. The first kappa shape index (κ1) is 26.3. The first-order valence-corrected chi connectivity index (χ1v) is 13.1. The summed E-state index contributed by atoms with van der Waals surface area (Å²) in [6.45, 7) is 9.87. The number of hydrogen-bond donors (Lipinski definition) is 2. The zero-order valence-electron chi connectivity index (χ0n) is 22.0. The lowest BCUT2D eigenvalue weighted by Gasteiger charge is -2.44. The van der Waals surface area contributed by atoms with Crippen molar-refractivity contribution in [2.75, 3.05) is 60.7 Å². The molecule has 202 valence electrons. The molecule has 0 saturated carbocycles. The predicted molar refractivity (Wildman–Crippen MR) is 149 cm³/mol. The third kappa shape index (κ3) is 5.31. The first-order chi connectivity index (χ1) is 18.2. The highest BCUT2D eigenvalue weighted by Crippen LogP contribution is 2.38. The minimum absolute atomic E-state index is 0.105. The van der Waals surface area contributed by atoms with Crippen LogP contribution in [0.2, 0.25) is 5.15 Å². The summed E-state index contributed by atoms with van der Waals surface area (Å²) in [6.07, 6.45) is 4.75. The van der Waals surface area contributed by atoms with E-state index in [9.17, 15) is 0 Å². The number of morpholine rings is 1. The maximum atomic E-state index is 15.7. The number of benzene rings is 1. The second-order valence-corrected chi connectivity index (χ2v) is 10.4. The van der Waals surface area contributed by atoms with Crippen LogP contribution in [0.1, 0.15) is 20.8 Å². The molecule has 0 unspecified atom stereocenters. The van der Waals surface area contributed by atoms with E-state index in [0.717, 1.165) is 13.1 Å². The Hall–Kier alpha value is -3.28. The monoisotopic (exact) mass is 541 g/mol. The van der Waals surface area contributed by atoms with Gasteiger partial charge in [0.2, 0.25) is 5.95 Å². The Bertz CT molecular complexity index is 1280. The average molecular weight is 542 g/mol. The summed E-state index contributed by atoms with van der Waals surface area (Å²) in [5.41, 5.74) is 8.67. The third-order valence-electron chi connectivity index (χ3n) is 7.35. The fourth-order valence-electron chi connectivity index (χ4n) is 4.97. The molecule has 1 aromatic carbocycles. The van der Waals surface area contributed by atoms with Crippen LogP contribution >= 0.6 is 11.6 Å². The number of aromatic nitrogens is 4. The van der Waals surface area contributed by atoms with E-state index in [-0.39, 0.29) is 34.8 Å². The normalized spacial score (nSPS) is 22.5. The van der Waals surface area contributed by atoms with Crippen molar-refractivity contribution in [3.8, 4) is 11.1 Å². The Morgan fingerprint density at radius 1 is 1.03 bits per heavy atom. The fourth-order valence-corrected chi connectivity index (χ4v) is 5.10. The van der Waals surface area contributed by atoms with E-state index in [2.05, 4.69) is 60.8 Å². The van der Waals surface area contributed by atoms with E-state index < -0.39 is 0 Å². The molecular formula is C26H33ClFN9O. The van der Waals surface area contributed by atoms with Gasteiger partial charge in [-0.1, -0.05) is 11.6 Å². The average Bonchev–Trinajstić information content (AvgIpc) is 2.90. The number of ether oxygens (including phenoxy) is 1. The SMILES string of the molecule is C[C@@H]1CN(c2cc(F)c(-c3cnc(N4CCO[C@@H](C)C4)nc3)cc2Nc2ncnc(Cl)c2N)C[C@H](C)N1C. The molecular weight excluding hydrogens is 509 g/mol. The Kier molecular flexibility index (Phi) is 7.51. The van der Waals surface area contributed by atoms with Gasteiger partial charge in [0.1, 0.15) is 17.8 Å². The van der Waals surface area contributed by atoms with Gasteiger partial charge in [0.05, 0.1) is 24.1 Å². The summed E-state index contributed by atoms with van der Waals surface area (Å²) in [6, 6.07) is 3.88. The number of hydrogen-bond acceptors (Lipinski definition) is 10. The molecule has 0 spiro atoms. The lowest BCUT2D eigenvalue weighted by Crippen LogP contribution is -2.55. The highest BCUT2D eigenvalue weighted by molar-refractivity contribution is 6.32. The van der Waals surface area contributed by atoms with Crippen LogP contribution in [0.4, 0.5) is 33.2 Å².